The smallest absolute Gasteiger partial charge is 0.252 e. The molecule has 6 nitrogen and oxygen atoms in total. The largest absolute Gasteiger partial charge is 0.393 e. The van der Waals surface area contributed by atoms with Crippen LogP contribution in [0.25, 0.3) is 11.0 Å². The number of rotatable bonds is 7. The molecule has 0 saturated heterocycles. The molecule has 0 saturated carbocycles. The molecule has 2 N–H and O–H groups in total. The van der Waals surface area contributed by atoms with Crippen LogP contribution in [-0.4, -0.2) is 38.4 Å². The van der Waals surface area contributed by atoms with E-state index in [1.165, 1.54) is 0 Å². The molecule has 126 valence electrons. The second-order valence-electron chi connectivity index (χ2n) is 6.71. The summed E-state index contributed by atoms with van der Waals surface area (Å²) in [5.74, 6) is 0.499. The average molecular weight is 318 g/mol. The van der Waals surface area contributed by atoms with Crippen LogP contribution in [0.2, 0.25) is 0 Å². The summed E-state index contributed by atoms with van der Waals surface area (Å²) in [5, 5.41) is 17.8. The van der Waals surface area contributed by atoms with Crippen molar-refractivity contribution in [1.29, 1.82) is 0 Å². The minimum atomic E-state index is -0.398. The molecule has 1 atom stereocenters. The standard InChI is InChI=1S/C17H26N4O2/c1-11(2)10-21-16-13(9-20-21)7-14(8-19-16)17(23)18-6-5-15(22)12(3)4/h7-9,11-12,15,22H,5-6,10H2,1-4H3,(H,18,23). The fourth-order valence-corrected chi connectivity index (χ4v) is 2.34. The van der Waals surface area contributed by atoms with Gasteiger partial charge in [-0.05, 0) is 24.3 Å². The first-order valence-corrected chi connectivity index (χ1v) is 8.16. The van der Waals surface area contributed by atoms with E-state index in [0.717, 1.165) is 17.6 Å². The molecule has 0 radical (unpaired) electrons. The zero-order valence-electron chi connectivity index (χ0n) is 14.3. The van der Waals surface area contributed by atoms with Gasteiger partial charge < -0.3 is 10.4 Å². The lowest BCUT2D eigenvalue weighted by Gasteiger charge is -2.14. The van der Waals surface area contributed by atoms with Crippen LogP contribution in [0.4, 0.5) is 0 Å². The number of nitrogens with one attached hydrogen (secondary N) is 1. The van der Waals surface area contributed by atoms with Crippen LogP contribution in [0.1, 0.15) is 44.5 Å². The van der Waals surface area contributed by atoms with Crippen LogP contribution >= 0.6 is 0 Å². The Morgan fingerprint density at radius 2 is 2.04 bits per heavy atom. The monoisotopic (exact) mass is 318 g/mol. The zero-order chi connectivity index (χ0) is 17.0. The summed E-state index contributed by atoms with van der Waals surface area (Å²) >= 11 is 0. The predicted octanol–water partition coefficient (Wildman–Crippen LogP) is 2.22. The molecule has 2 rings (SSSR count). The molecule has 0 aliphatic rings. The van der Waals surface area contributed by atoms with Crippen molar-refractivity contribution in [2.75, 3.05) is 6.54 Å². The molecule has 1 unspecified atom stereocenters. The van der Waals surface area contributed by atoms with E-state index in [2.05, 4.69) is 29.2 Å². The number of amides is 1. The number of pyridine rings is 1. The zero-order valence-corrected chi connectivity index (χ0v) is 14.3. The van der Waals surface area contributed by atoms with Gasteiger partial charge in [0.2, 0.25) is 0 Å². The normalized spacial score (nSPS) is 13.0. The number of nitrogens with zero attached hydrogens (tertiary/aromatic N) is 3. The van der Waals surface area contributed by atoms with Crippen LogP contribution < -0.4 is 5.32 Å². The quantitative estimate of drug-likeness (QED) is 0.820. The second-order valence-corrected chi connectivity index (χ2v) is 6.71. The topological polar surface area (TPSA) is 80.0 Å². The fraction of sp³-hybridized carbons (Fsp3) is 0.588. The second kappa shape index (κ2) is 7.55. The summed E-state index contributed by atoms with van der Waals surface area (Å²) in [4.78, 5) is 16.5. The van der Waals surface area contributed by atoms with Crippen molar-refractivity contribution in [3.05, 3.63) is 24.0 Å². The molecule has 23 heavy (non-hydrogen) atoms. The highest BCUT2D eigenvalue weighted by Crippen LogP contribution is 2.14. The molecule has 0 spiro atoms. The van der Waals surface area contributed by atoms with Crippen LogP contribution in [0.5, 0.6) is 0 Å². The van der Waals surface area contributed by atoms with Gasteiger partial charge in [0.1, 0.15) is 0 Å². The van der Waals surface area contributed by atoms with E-state index in [9.17, 15) is 9.90 Å². The van der Waals surface area contributed by atoms with Gasteiger partial charge in [-0.2, -0.15) is 5.10 Å². The number of aromatic nitrogens is 3. The molecule has 2 heterocycles. The van der Waals surface area contributed by atoms with Crippen LogP contribution in [0.15, 0.2) is 18.5 Å². The van der Waals surface area contributed by atoms with Crippen molar-refractivity contribution in [3.8, 4) is 0 Å². The highest BCUT2D eigenvalue weighted by molar-refractivity contribution is 5.96. The van der Waals surface area contributed by atoms with Gasteiger partial charge in [0.25, 0.3) is 5.91 Å². The number of aliphatic hydroxyl groups is 1. The van der Waals surface area contributed by atoms with Crippen molar-refractivity contribution in [3.63, 3.8) is 0 Å². The van der Waals surface area contributed by atoms with Crippen LogP contribution in [-0.2, 0) is 6.54 Å². The molecular weight excluding hydrogens is 292 g/mol. The molecule has 2 aromatic heterocycles. The Hall–Kier alpha value is -1.95. The number of aliphatic hydroxyl groups excluding tert-OH is 1. The maximum atomic E-state index is 12.2. The van der Waals surface area contributed by atoms with Crippen molar-refractivity contribution in [2.24, 2.45) is 11.8 Å². The minimum absolute atomic E-state index is 0.174. The van der Waals surface area contributed by atoms with E-state index < -0.39 is 6.10 Å². The Labute approximate surface area is 136 Å². The molecule has 0 aromatic carbocycles. The highest BCUT2D eigenvalue weighted by Gasteiger charge is 2.12. The third-order valence-corrected chi connectivity index (χ3v) is 3.77. The van der Waals surface area contributed by atoms with Crippen LogP contribution in [0.3, 0.4) is 0 Å². The van der Waals surface area contributed by atoms with Crippen molar-refractivity contribution < 1.29 is 9.90 Å². The fourth-order valence-electron chi connectivity index (χ4n) is 2.34. The van der Waals surface area contributed by atoms with Gasteiger partial charge in [-0.25, -0.2) is 9.67 Å². The number of hydrogen-bond acceptors (Lipinski definition) is 4. The van der Waals surface area contributed by atoms with Crippen molar-refractivity contribution in [1.82, 2.24) is 20.1 Å². The van der Waals surface area contributed by atoms with E-state index in [0.29, 0.717) is 24.4 Å². The third-order valence-electron chi connectivity index (χ3n) is 3.77. The Balaban J connectivity index is 2.01. The number of fused-ring (bicyclic) bond motifs is 1. The summed E-state index contributed by atoms with van der Waals surface area (Å²) in [6.45, 7) is 9.41. The summed E-state index contributed by atoms with van der Waals surface area (Å²) in [5.41, 5.74) is 1.31. The van der Waals surface area contributed by atoms with Crippen molar-refractivity contribution >= 4 is 16.9 Å². The highest BCUT2D eigenvalue weighted by atomic mass is 16.3. The van der Waals surface area contributed by atoms with E-state index in [1.54, 1.807) is 18.5 Å². The summed E-state index contributed by atoms with van der Waals surface area (Å²) in [6, 6.07) is 1.81. The van der Waals surface area contributed by atoms with Gasteiger partial charge in [0.05, 0.1) is 17.9 Å². The molecule has 0 bridgehead atoms. The van der Waals surface area contributed by atoms with Crippen molar-refractivity contribution in [2.45, 2.75) is 46.8 Å². The maximum Gasteiger partial charge on any atom is 0.252 e. The Bertz CT molecular complexity index is 664. The van der Waals surface area contributed by atoms with Crippen LogP contribution in [0, 0.1) is 11.8 Å². The third kappa shape index (κ3) is 4.51. The Morgan fingerprint density at radius 3 is 2.70 bits per heavy atom. The average Bonchev–Trinajstić information content (AvgIpc) is 2.88. The number of carbonyl (C=O) groups is 1. The van der Waals surface area contributed by atoms with Gasteiger partial charge in [0.15, 0.2) is 5.65 Å². The van der Waals surface area contributed by atoms with E-state index in [1.807, 2.05) is 18.5 Å². The summed E-state index contributed by atoms with van der Waals surface area (Å²) in [6.07, 6.45) is 3.47. The van der Waals surface area contributed by atoms with Gasteiger partial charge in [0, 0.05) is 24.7 Å². The Kier molecular flexibility index (Phi) is 5.71. The lowest BCUT2D eigenvalue weighted by atomic mass is 10.0. The lowest BCUT2D eigenvalue weighted by molar-refractivity contribution is 0.0920. The number of hydrogen-bond donors (Lipinski definition) is 2. The van der Waals surface area contributed by atoms with Gasteiger partial charge in [-0.1, -0.05) is 27.7 Å². The Morgan fingerprint density at radius 1 is 1.30 bits per heavy atom. The SMILES string of the molecule is CC(C)Cn1ncc2cc(C(=O)NCCC(O)C(C)C)cnc21. The van der Waals surface area contributed by atoms with E-state index in [-0.39, 0.29) is 11.8 Å². The molecule has 0 aliphatic carbocycles. The van der Waals surface area contributed by atoms with Gasteiger partial charge >= 0.3 is 0 Å². The van der Waals surface area contributed by atoms with Gasteiger partial charge in [-0.3, -0.25) is 4.79 Å². The molecule has 0 fully saturated rings. The first kappa shape index (κ1) is 17.4. The summed E-state index contributed by atoms with van der Waals surface area (Å²) in [7, 11) is 0. The van der Waals surface area contributed by atoms with Gasteiger partial charge in [-0.15, -0.1) is 0 Å². The van der Waals surface area contributed by atoms with E-state index >= 15 is 0 Å². The molecular formula is C17H26N4O2. The minimum Gasteiger partial charge on any atom is -0.393 e. The van der Waals surface area contributed by atoms with E-state index in [4.69, 9.17) is 0 Å². The predicted molar refractivity (Wildman–Crippen MR) is 90.2 cm³/mol. The lowest BCUT2D eigenvalue weighted by Crippen LogP contribution is -2.28. The maximum absolute atomic E-state index is 12.2. The molecule has 2 aromatic rings. The molecule has 0 aliphatic heterocycles. The summed E-state index contributed by atoms with van der Waals surface area (Å²) < 4.78 is 1.86. The molecule has 6 heteroatoms. The first-order valence-electron chi connectivity index (χ1n) is 8.16. The number of carbonyl (C=O) groups excluding carboxylic acids is 1. The molecule has 1 amide bonds. The first-order chi connectivity index (χ1) is 10.9.